The minimum atomic E-state index is -0.258. The molecule has 0 aliphatic heterocycles. The molecule has 2 rings (SSSR count). The number of hydrogen-bond acceptors (Lipinski definition) is 4. The van der Waals surface area contributed by atoms with Crippen LogP contribution in [0.1, 0.15) is 5.56 Å². The first kappa shape index (κ1) is 18.7. The third-order valence-corrected chi connectivity index (χ3v) is 3.85. The molecule has 0 aliphatic carbocycles. The lowest BCUT2D eigenvalue weighted by atomic mass is 10.1. The highest BCUT2D eigenvalue weighted by Gasteiger charge is 2.06. The van der Waals surface area contributed by atoms with Gasteiger partial charge in [0.25, 0.3) is 0 Å². The summed E-state index contributed by atoms with van der Waals surface area (Å²) in [6, 6.07) is 10.8. The maximum Gasteiger partial charge on any atom is 0.248 e. The van der Waals surface area contributed by atoms with Crippen molar-refractivity contribution in [2.75, 3.05) is 38.5 Å². The summed E-state index contributed by atoms with van der Waals surface area (Å²) in [5, 5.41) is 3.36. The Morgan fingerprint density at radius 3 is 2.48 bits per heavy atom. The predicted molar refractivity (Wildman–Crippen MR) is 103 cm³/mol. The molecule has 1 amide bonds. The number of methoxy groups -OCH3 is 2. The van der Waals surface area contributed by atoms with Crippen LogP contribution in [0.25, 0.3) is 6.08 Å². The Kier molecular flexibility index (Phi) is 6.31. The highest BCUT2D eigenvalue weighted by Crippen LogP contribution is 2.28. The van der Waals surface area contributed by atoms with E-state index in [9.17, 15) is 4.79 Å². The zero-order valence-electron chi connectivity index (χ0n) is 14.7. The Labute approximate surface area is 152 Å². The fraction of sp³-hybridized carbons (Fsp3) is 0.211. The average molecular weight is 361 g/mol. The van der Waals surface area contributed by atoms with Crippen molar-refractivity contribution in [3.63, 3.8) is 0 Å². The molecule has 0 aliphatic rings. The second-order valence-corrected chi connectivity index (χ2v) is 5.90. The van der Waals surface area contributed by atoms with E-state index < -0.39 is 0 Å². The Bertz CT molecular complexity index is 788. The van der Waals surface area contributed by atoms with Crippen molar-refractivity contribution < 1.29 is 14.3 Å². The van der Waals surface area contributed by atoms with Crippen LogP contribution in [0.3, 0.4) is 0 Å². The van der Waals surface area contributed by atoms with Crippen LogP contribution >= 0.6 is 11.6 Å². The van der Waals surface area contributed by atoms with Gasteiger partial charge in [0.05, 0.1) is 24.9 Å². The van der Waals surface area contributed by atoms with Gasteiger partial charge in [-0.1, -0.05) is 11.6 Å². The molecule has 5 nitrogen and oxygen atoms in total. The van der Waals surface area contributed by atoms with Crippen LogP contribution in [-0.2, 0) is 4.79 Å². The molecular formula is C19H21ClN2O3. The van der Waals surface area contributed by atoms with E-state index >= 15 is 0 Å². The van der Waals surface area contributed by atoms with E-state index in [4.69, 9.17) is 21.1 Å². The predicted octanol–water partition coefficient (Wildman–Crippen LogP) is 4.08. The molecule has 132 valence electrons. The molecule has 0 radical (unpaired) electrons. The molecule has 1 N–H and O–H groups in total. The third kappa shape index (κ3) is 4.90. The number of hydrogen-bond donors (Lipinski definition) is 1. The van der Waals surface area contributed by atoms with E-state index in [1.54, 1.807) is 44.6 Å². The van der Waals surface area contributed by atoms with Crippen LogP contribution in [0.5, 0.6) is 11.5 Å². The summed E-state index contributed by atoms with van der Waals surface area (Å²) in [6.07, 6.45) is 3.13. The highest BCUT2D eigenvalue weighted by atomic mass is 35.5. The second-order valence-electron chi connectivity index (χ2n) is 5.49. The molecule has 0 atom stereocenters. The first-order valence-electron chi connectivity index (χ1n) is 7.62. The topological polar surface area (TPSA) is 50.8 Å². The Morgan fingerprint density at radius 1 is 1.12 bits per heavy atom. The Hall–Kier alpha value is -2.66. The molecule has 0 aromatic heterocycles. The molecule has 2 aromatic carbocycles. The zero-order valence-corrected chi connectivity index (χ0v) is 15.4. The lowest BCUT2D eigenvalue weighted by Gasteiger charge is -2.15. The third-order valence-electron chi connectivity index (χ3n) is 3.55. The lowest BCUT2D eigenvalue weighted by molar-refractivity contribution is -0.111. The van der Waals surface area contributed by atoms with Gasteiger partial charge in [-0.05, 0) is 36.4 Å². The fourth-order valence-electron chi connectivity index (χ4n) is 2.25. The SMILES string of the molecule is COc1ccc(/C=C/C(=O)Nc2ccc(N(C)C)c(Cl)c2)c(OC)c1. The van der Waals surface area contributed by atoms with Crippen molar-refractivity contribution in [3.8, 4) is 11.5 Å². The van der Waals surface area contributed by atoms with Gasteiger partial charge in [-0.15, -0.1) is 0 Å². The van der Waals surface area contributed by atoms with Gasteiger partial charge < -0.3 is 19.7 Å². The molecule has 25 heavy (non-hydrogen) atoms. The van der Waals surface area contributed by atoms with E-state index in [1.165, 1.54) is 6.08 Å². The van der Waals surface area contributed by atoms with Crippen LogP contribution < -0.4 is 19.7 Å². The number of amides is 1. The molecule has 0 saturated heterocycles. The van der Waals surface area contributed by atoms with Crippen molar-refractivity contribution in [3.05, 3.63) is 53.1 Å². The zero-order chi connectivity index (χ0) is 18.4. The summed E-state index contributed by atoms with van der Waals surface area (Å²) in [5.41, 5.74) is 2.30. The van der Waals surface area contributed by atoms with E-state index in [2.05, 4.69) is 5.32 Å². The van der Waals surface area contributed by atoms with Gasteiger partial charge in [-0.3, -0.25) is 4.79 Å². The Morgan fingerprint density at radius 2 is 1.88 bits per heavy atom. The summed E-state index contributed by atoms with van der Waals surface area (Å²) >= 11 is 6.21. The van der Waals surface area contributed by atoms with E-state index in [1.807, 2.05) is 31.1 Å². The minimum Gasteiger partial charge on any atom is -0.497 e. The smallest absolute Gasteiger partial charge is 0.248 e. The van der Waals surface area contributed by atoms with E-state index in [0.717, 1.165) is 11.3 Å². The summed E-state index contributed by atoms with van der Waals surface area (Å²) in [7, 11) is 6.97. The molecular weight excluding hydrogens is 340 g/mol. The maximum absolute atomic E-state index is 12.1. The summed E-state index contributed by atoms with van der Waals surface area (Å²) in [5.74, 6) is 1.06. The molecule has 0 fully saturated rings. The normalized spacial score (nSPS) is 10.6. The number of anilines is 2. The van der Waals surface area contributed by atoms with Gasteiger partial charge in [-0.25, -0.2) is 0 Å². The fourth-order valence-corrected chi connectivity index (χ4v) is 2.60. The number of halogens is 1. The van der Waals surface area contributed by atoms with E-state index in [0.29, 0.717) is 22.2 Å². The van der Waals surface area contributed by atoms with Gasteiger partial charge in [-0.2, -0.15) is 0 Å². The number of carbonyl (C=O) groups excluding carboxylic acids is 1. The average Bonchev–Trinajstić information content (AvgIpc) is 2.59. The Balaban J connectivity index is 2.10. The van der Waals surface area contributed by atoms with Gasteiger partial charge >= 0.3 is 0 Å². The summed E-state index contributed by atoms with van der Waals surface area (Å²) in [6.45, 7) is 0. The number of nitrogens with zero attached hydrogens (tertiary/aromatic N) is 1. The van der Waals surface area contributed by atoms with Crippen LogP contribution in [0, 0.1) is 0 Å². The number of ether oxygens (including phenoxy) is 2. The monoisotopic (exact) mass is 360 g/mol. The van der Waals surface area contributed by atoms with Crippen LogP contribution in [0.15, 0.2) is 42.5 Å². The molecule has 0 unspecified atom stereocenters. The molecule has 0 spiro atoms. The lowest BCUT2D eigenvalue weighted by Crippen LogP contribution is -2.11. The molecule has 6 heteroatoms. The van der Waals surface area contributed by atoms with Crippen LogP contribution in [0.4, 0.5) is 11.4 Å². The minimum absolute atomic E-state index is 0.258. The van der Waals surface area contributed by atoms with Gasteiger partial charge in [0.2, 0.25) is 5.91 Å². The van der Waals surface area contributed by atoms with Crippen molar-refractivity contribution in [2.24, 2.45) is 0 Å². The maximum atomic E-state index is 12.1. The molecule has 0 saturated carbocycles. The number of benzene rings is 2. The second kappa shape index (κ2) is 8.44. The van der Waals surface area contributed by atoms with Crippen molar-refractivity contribution in [2.45, 2.75) is 0 Å². The standard InChI is InChI=1S/C19H21ClN2O3/c1-22(2)17-9-7-14(11-16(17)20)21-19(23)10-6-13-5-8-15(24-3)12-18(13)25-4/h5-12H,1-4H3,(H,21,23)/b10-6+. The quantitative estimate of drug-likeness (QED) is 0.789. The number of nitrogens with one attached hydrogen (secondary N) is 1. The van der Waals surface area contributed by atoms with Crippen molar-refractivity contribution in [1.29, 1.82) is 0 Å². The largest absolute Gasteiger partial charge is 0.497 e. The molecule has 0 bridgehead atoms. The van der Waals surface area contributed by atoms with E-state index in [-0.39, 0.29) is 5.91 Å². The van der Waals surface area contributed by atoms with Crippen molar-refractivity contribution >= 4 is 35.0 Å². The first-order valence-corrected chi connectivity index (χ1v) is 8.00. The summed E-state index contributed by atoms with van der Waals surface area (Å²) in [4.78, 5) is 14.0. The van der Waals surface area contributed by atoms with Gasteiger partial charge in [0, 0.05) is 37.5 Å². The van der Waals surface area contributed by atoms with Gasteiger partial charge in [0.1, 0.15) is 11.5 Å². The van der Waals surface area contributed by atoms with Crippen LogP contribution in [-0.4, -0.2) is 34.2 Å². The molecule has 0 heterocycles. The number of carbonyl (C=O) groups is 1. The summed E-state index contributed by atoms with van der Waals surface area (Å²) < 4.78 is 10.5. The number of rotatable bonds is 6. The highest BCUT2D eigenvalue weighted by molar-refractivity contribution is 6.33. The van der Waals surface area contributed by atoms with Gasteiger partial charge in [0.15, 0.2) is 0 Å². The van der Waals surface area contributed by atoms with Crippen LogP contribution in [0.2, 0.25) is 5.02 Å². The molecule has 2 aromatic rings. The first-order chi connectivity index (χ1) is 11.9. The van der Waals surface area contributed by atoms with Crippen molar-refractivity contribution in [1.82, 2.24) is 0 Å².